The molecule has 1 aromatic rings. The zero-order chi connectivity index (χ0) is 14.6. The van der Waals surface area contributed by atoms with Crippen LogP contribution in [0.25, 0.3) is 0 Å². The largest absolute Gasteiger partial charge is 0.388 e. The molecule has 0 fully saturated rings. The summed E-state index contributed by atoms with van der Waals surface area (Å²) in [4.78, 5) is 4.28. The molecule has 0 spiro atoms. The van der Waals surface area contributed by atoms with Gasteiger partial charge >= 0.3 is 0 Å². The molecule has 0 amide bonds. The number of nitrogens with two attached hydrogens (primary N) is 1. The van der Waals surface area contributed by atoms with E-state index in [1.165, 1.54) is 22.6 Å². The Labute approximate surface area is 119 Å². The van der Waals surface area contributed by atoms with Gasteiger partial charge in [-0.05, 0) is 18.1 Å². The number of rotatable bonds is 6. The number of hydrogen-bond acceptors (Lipinski definition) is 4. The molecule has 106 valence electrons. The average Bonchev–Trinajstić information content (AvgIpc) is 2.35. The van der Waals surface area contributed by atoms with Crippen molar-refractivity contribution in [2.24, 2.45) is 11.7 Å². The highest BCUT2D eigenvalue weighted by molar-refractivity contribution is 7.89. The van der Waals surface area contributed by atoms with Gasteiger partial charge in [-0.25, -0.2) is 8.42 Å². The molecule has 0 aliphatic heterocycles. The SMILES string of the molecule is CCN(CC(C)C)S(=O)(=O)c1ccc(C(N)=S)nc1. The summed E-state index contributed by atoms with van der Waals surface area (Å²) >= 11 is 4.79. The normalized spacial score (nSPS) is 12.1. The number of aromatic nitrogens is 1. The summed E-state index contributed by atoms with van der Waals surface area (Å²) in [5.74, 6) is 0.263. The van der Waals surface area contributed by atoms with Crippen LogP contribution < -0.4 is 5.73 Å². The van der Waals surface area contributed by atoms with Crippen molar-refractivity contribution in [3.63, 3.8) is 0 Å². The second-order valence-electron chi connectivity index (χ2n) is 4.59. The van der Waals surface area contributed by atoms with Crippen LogP contribution in [0.1, 0.15) is 26.5 Å². The number of sulfonamides is 1. The van der Waals surface area contributed by atoms with Crippen LogP contribution in [0.5, 0.6) is 0 Å². The second-order valence-corrected chi connectivity index (χ2v) is 6.97. The van der Waals surface area contributed by atoms with Crippen LogP contribution >= 0.6 is 12.2 Å². The lowest BCUT2D eigenvalue weighted by Gasteiger charge is -2.22. The van der Waals surface area contributed by atoms with Crippen molar-refractivity contribution in [2.75, 3.05) is 13.1 Å². The van der Waals surface area contributed by atoms with Crippen molar-refractivity contribution >= 4 is 27.2 Å². The minimum Gasteiger partial charge on any atom is -0.388 e. The molecule has 7 heteroatoms. The van der Waals surface area contributed by atoms with E-state index in [-0.39, 0.29) is 15.8 Å². The second kappa shape index (κ2) is 6.40. The zero-order valence-electron chi connectivity index (χ0n) is 11.3. The predicted octanol–water partition coefficient (Wildman–Crippen LogP) is 1.38. The van der Waals surface area contributed by atoms with E-state index in [1.807, 2.05) is 20.8 Å². The van der Waals surface area contributed by atoms with Gasteiger partial charge in [0, 0.05) is 19.3 Å². The molecule has 0 saturated carbocycles. The monoisotopic (exact) mass is 301 g/mol. The minimum absolute atomic E-state index is 0.151. The topological polar surface area (TPSA) is 76.3 Å². The predicted molar refractivity (Wildman–Crippen MR) is 79.4 cm³/mol. The smallest absolute Gasteiger partial charge is 0.244 e. The van der Waals surface area contributed by atoms with E-state index in [0.29, 0.717) is 18.8 Å². The Balaban J connectivity index is 3.08. The minimum atomic E-state index is -3.50. The maximum absolute atomic E-state index is 12.4. The van der Waals surface area contributed by atoms with Gasteiger partial charge in [-0.1, -0.05) is 33.0 Å². The van der Waals surface area contributed by atoms with Crippen LogP contribution in [0, 0.1) is 5.92 Å². The summed E-state index contributed by atoms with van der Waals surface area (Å²) in [5, 5.41) is 0. The van der Waals surface area contributed by atoms with E-state index in [0.717, 1.165) is 0 Å². The lowest BCUT2D eigenvalue weighted by Crippen LogP contribution is -2.34. The highest BCUT2D eigenvalue weighted by Gasteiger charge is 2.24. The van der Waals surface area contributed by atoms with Crippen molar-refractivity contribution in [1.29, 1.82) is 0 Å². The molecular formula is C12H19N3O2S2. The van der Waals surface area contributed by atoms with E-state index in [9.17, 15) is 8.42 Å². The van der Waals surface area contributed by atoms with Crippen LogP contribution in [0.3, 0.4) is 0 Å². The third kappa shape index (κ3) is 3.95. The van der Waals surface area contributed by atoms with Gasteiger partial charge in [-0.2, -0.15) is 4.31 Å². The van der Waals surface area contributed by atoms with Crippen molar-refractivity contribution in [3.8, 4) is 0 Å². The third-order valence-electron chi connectivity index (χ3n) is 2.55. The van der Waals surface area contributed by atoms with Crippen molar-refractivity contribution < 1.29 is 8.42 Å². The van der Waals surface area contributed by atoms with Crippen molar-refractivity contribution in [2.45, 2.75) is 25.7 Å². The third-order valence-corrected chi connectivity index (χ3v) is 4.68. The molecule has 0 saturated heterocycles. The molecule has 0 radical (unpaired) electrons. The van der Waals surface area contributed by atoms with Gasteiger partial charge in [0.05, 0.1) is 5.69 Å². The molecule has 0 aromatic carbocycles. The summed E-state index contributed by atoms with van der Waals surface area (Å²) in [5.41, 5.74) is 5.85. The Morgan fingerprint density at radius 3 is 2.47 bits per heavy atom. The maximum Gasteiger partial charge on any atom is 0.244 e. The first-order chi connectivity index (χ1) is 8.78. The Kier molecular flexibility index (Phi) is 5.39. The number of hydrogen-bond donors (Lipinski definition) is 1. The fraction of sp³-hybridized carbons (Fsp3) is 0.500. The summed E-state index contributed by atoms with van der Waals surface area (Å²) in [6, 6.07) is 3.01. The first kappa shape index (κ1) is 16.0. The van der Waals surface area contributed by atoms with Gasteiger partial charge in [-0.15, -0.1) is 0 Å². The number of pyridine rings is 1. The molecule has 0 bridgehead atoms. The first-order valence-corrected chi connectivity index (χ1v) is 7.89. The first-order valence-electron chi connectivity index (χ1n) is 6.05. The Morgan fingerprint density at radius 1 is 1.47 bits per heavy atom. The molecule has 2 N–H and O–H groups in total. The molecule has 19 heavy (non-hydrogen) atoms. The molecule has 1 heterocycles. The maximum atomic E-state index is 12.4. The van der Waals surface area contributed by atoms with E-state index < -0.39 is 10.0 Å². The fourth-order valence-electron chi connectivity index (χ4n) is 1.63. The van der Waals surface area contributed by atoms with Gasteiger partial charge in [-0.3, -0.25) is 4.98 Å². The number of thiocarbonyl (C=S) groups is 1. The van der Waals surface area contributed by atoms with Gasteiger partial charge in [0.2, 0.25) is 10.0 Å². The van der Waals surface area contributed by atoms with Crippen LogP contribution in [0.15, 0.2) is 23.2 Å². The van der Waals surface area contributed by atoms with Gasteiger partial charge in [0.15, 0.2) is 0 Å². The summed E-state index contributed by atoms with van der Waals surface area (Å²) < 4.78 is 26.2. The Morgan fingerprint density at radius 2 is 2.11 bits per heavy atom. The van der Waals surface area contributed by atoms with E-state index in [4.69, 9.17) is 18.0 Å². The molecule has 1 rings (SSSR count). The quantitative estimate of drug-likeness (QED) is 0.803. The molecule has 0 unspecified atom stereocenters. The zero-order valence-corrected chi connectivity index (χ0v) is 13.0. The molecule has 0 aliphatic carbocycles. The van der Waals surface area contributed by atoms with Crippen LogP contribution in [-0.4, -0.2) is 35.8 Å². The lowest BCUT2D eigenvalue weighted by molar-refractivity contribution is 0.380. The standard InChI is InChI=1S/C12H19N3O2S2/c1-4-15(8-9(2)3)19(16,17)10-5-6-11(12(13)18)14-7-10/h5-7,9H,4,8H2,1-3H3,(H2,13,18). The molecule has 5 nitrogen and oxygen atoms in total. The summed E-state index contributed by atoms with van der Waals surface area (Å²) in [6.45, 7) is 6.68. The Bertz CT molecular complexity index is 539. The highest BCUT2D eigenvalue weighted by atomic mass is 32.2. The van der Waals surface area contributed by atoms with E-state index in [2.05, 4.69) is 4.98 Å². The fourth-order valence-corrected chi connectivity index (χ4v) is 3.31. The molecule has 0 atom stereocenters. The van der Waals surface area contributed by atoms with E-state index in [1.54, 1.807) is 0 Å². The van der Waals surface area contributed by atoms with Crippen LogP contribution in [0.4, 0.5) is 0 Å². The summed E-state index contributed by atoms with van der Waals surface area (Å²) in [6.07, 6.45) is 1.30. The van der Waals surface area contributed by atoms with Crippen molar-refractivity contribution in [1.82, 2.24) is 9.29 Å². The van der Waals surface area contributed by atoms with Gasteiger partial charge in [0.1, 0.15) is 9.88 Å². The van der Waals surface area contributed by atoms with Crippen LogP contribution in [0.2, 0.25) is 0 Å². The van der Waals surface area contributed by atoms with Gasteiger partial charge in [0.25, 0.3) is 0 Å². The molecular weight excluding hydrogens is 282 g/mol. The number of nitrogens with zero attached hydrogens (tertiary/aromatic N) is 2. The van der Waals surface area contributed by atoms with Gasteiger partial charge < -0.3 is 5.73 Å². The summed E-state index contributed by atoms with van der Waals surface area (Å²) in [7, 11) is -3.50. The lowest BCUT2D eigenvalue weighted by atomic mass is 10.2. The van der Waals surface area contributed by atoms with Crippen molar-refractivity contribution in [3.05, 3.63) is 24.0 Å². The molecule has 0 aliphatic rings. The average molecular weight is 301 g/mol. The Hall–Kier alpha value is -1.05. The highest BCUT2D eigenvalue weighted by Crippen LogP contribution is 2.16. The molecule has 1 aromatic heterocycles. The van der Waals surface area contributed by atoms with Crippen LogP contribution in [-0.2, 0) is 10.0 Å². The van der Waals surface area contributed by atoms with E-state index >= 15 is 0 Å².